The summed E-state index contributed by atoms with van der Waals surface area (Å²) in [7, 11) is 0. The van der Waals surface area contributed by atoms with Crippen molar-refractivity contribution >= 4 is 0 Å². The van der Waals surface area contributed by atoms with Crippen LogP contribution in [0.2, 0.25) is 0 Å². The van der Waals surface area contributed by atoms with E-state index < -0.39 is 0 Å². The Bertz CT molecular complexity index is 557. The molecule has 0 saturated heterocycles. The molecule has 1 aromatic carbocycles. The maximum Gasteiger partial charge on any atom is 0.0998 e. The fourth-order valence-corrected chi connectivity index (χ4v) is 1.51. The van der Waals surface area contributed by atoms with E-state index >= 15 is 0 Å². The smallest absolute Gasteiger partial charge is 0.0998 e. The Balaban J connectivity index is 2.74. The first-order valence-corrected chi connectivity index (χ1v) is 4.61. The van der Waals surface area contributed by atoms with E-state index in [0.29, 0.717) is 16.7 Å². The first kappa shape index (κ1) is 9.89. The highest BCUT2D eigenvalue weighted by atomic mass is 14.6. The molecule has 1 aromatic heterocycles. The van der Waals surface area contributed by atoms with E-state index in [1.807, 2.05) is 0 Å². The minimum absolute atomic E-state index is 0.473. The molecule has 0 aliphatic carbocycles. The Morgan fingerprint density at radius 2 is 1.81 bits per heavy atom. The molecule has 0 aliphatic heterocycles. The predicted molar refractivity (Wildman–Crippen MR) is 57.9 cm³/mol. The SMILES string of the molecule is N#Cc1cccc(C#N)c1-c1c[c]cnc1. The van der Waals surface area contributed by atoms with Gasteiger partial charge in [0, 0.05) is 29.6 Å². The molecule has 0 saturated carbocycles. The van der Waals surface area contributed by atoms with E-state index in [4.69, 9.17) is 10.5 Å². The maximum absolute atomic E-state index is 9.01. The Kier molecular flexibility index (Phi) is 2.63. The molecular formula is C13H6N3. The van der Waals surface area contributed by atoms with Gasteiger partial charge in [-0.25, -0.2) is 0 Å². The molecule has 0 unspecified atom stereocenters. The molecule has 1 radical (unpaired) electrons. The van der Waals surface area contributed by atoms with E-state index in [1.165, 1.54) is 6.20 Å². The van der Waals surface area contributed by atoms with Gasteiger partial charge in [0.25, 0.3) is 0 Å². The van der Waals surface area contributed by atoms with Crippen LogP contribution in [0.3, 0.4) is 0 Å². The van der Waals surface area contributed by atoms with Gasteiger partial charge in [-0.15, -0.1) is 0 Å². The first-order valence-electron chi connectivity index (χ1n) is 4.61. The van der Waals surface area contributed by atoms with E-state index in [9.17, 15) is 0 Å². The van der Waals surface area contributed by atoms with Gasteiger partial charge in [-0.2, -0.15) is 10.5 Å². The minimum atomic E-state index is 0.473. The molecule has 0 N–H and O–H groups in total. The number of benzene rings is 1. The predicted octanol–water partition coefficient (Wildman–Crippen LogP) is 2.29. The van der Waals surface area contributed by atoms with Gasteiger partial charge in [-0.3, -0.25) is 4.98 Å². The van der Waals surface area contributed by atoms with Gasteiger partial charge >= 0.3 is 0 Å². The van der Waals surface area contributed by atoms with Crippen LogP contribution in [0.5, 0.6) is 0 Å². The Morgan fingerprint density at radius 1 is 1.12 bits per heavy atom. The van der Waals surface area contributed by atoms with Gasteiger partial charge in [0.15, 0.2) is 0 Å². The third kappa shape index (κ3) is 1.63. The summed E-state index contributed by atoms with van der Waals surface area (Å²) in [5, 5.41) is 18.0. The summed E-state index contributed by atoms with van der Waals surface area (Å²) in [5.41, 5.74) is 2.30. The molecule has 0 fully saturated rings. The number of hydrogen-bond acceptors (Lipinski definition) is 3. The summed E-state index contributed by atoms with van der Waals surface area (Å²) in [4.78, 5) is 3.94. The van der Waals surface area contributed by atoms with Gasteiger partial charge in [0.05, 0.1) is 23.3 Å². The van der Waals surface area contributed by atoms with Gasteiger partial charge < -0.3 is 0 Å². The first-order chi connectivity index (χ1) is 7.86. The topological polar surface area (TPSA) is 60.5 Å². The minimum Gasteiger partial charge on any atom is -0.263 e. The molecule has 1 heterocycles. The van der Waals surface area contributed by atoms with E-state index in [1.54, 1.807) is 30.5 Å². The molecule has 0 spiro atoms. The number of nitrogens with zero attached hydrogens (tertiary/aromatic N) is 3. The second kappa shape index (κ2) is 4.25. The third-order valence-electron chi connectivity index (χ3n) is 2.20. The van der Waals surface area contributed by atoms with Crippen molar-refractivity contribution in [1.29, 1.82) is 10.5 Å². The van der Waals surface area contributed by atoms with Crippen LogP contribution in [-0.4, -0.2) is 4.98 Å². The van der Waals surface area contributed by atoms with Crippen LogP contribution >= 0.6 is 0 Å². The molecule has 0 bridgehead atoms. The van der Waals surface area contributed by atoms with Crippen molar-refractivity contribution in [3.8, 4) is 23.3 Å². The summed E-state index contributed by atoms with van der Waals surface area (Å²) < 4.78 is 0. The standard InChI is InChI=1S/C13H6N3/c14-7-10-3-1-4-11(8-15)13(10)12-5-2-6-16-9-12/h1,3-6,9H. The van der Waals surface area contributed by atoms with Crippen LogP contribution in [-0.2, 0) is 0 Å². The van der Waals surface area contributed by atoms with Crippen molar-refractivity contribution in [1.82, 2.24) is 4.98 Å². The molecule has 16 heavy (non-hydrogen) atoms. The third-order valence-corrected chi connectivity index (χ3v) is 2.20. The van der Waals surface area contributed by atoms with Crippen LogP contribution in [0.25, 0.3) is 11.1 Å². The van der Waals surface area contributed by atoms with Crippen LogP contribution in [0.15, 0.2) is 36.7 Å². The molecule has 0 amide bonds. The van der Waals surface area contributed by atoms with Gasteiger partial charge in [0.2, 0.25) is 0 Å². The van der Waals surface area contributed by atoms with Crippen molar-refractivity contribution in [2.24, 2.45) is 0 Å². The molecule has 0 aliphatic rings. The van der Waals surface area contributed by atoms with E-state index in [2.05, 4.69) is 23.2 Å². The quantitative estimate of drug-likeness (QED) is 0.716. The fourth-order valence-electron chi connectivity index (χ4n) is 1.51. The van der Waals surface area contributed by atoms with Crippen molar-refractivity contribution in [3.05, 3.63) is 53.9 Å². The zero-order chi connectivity index (χ0) is 11.4. The van der Waals surface area contributed by atoms with Crippen LogP contribution in [0.4, 0.5) is 0 Å². The molecule has 2 aromatic rings. The van der Waals surface area contributed by atoms with Crippen molar-refractivity contribution in [3.63, 3.8) is 0 Å². The lowest BCUT2D eigenvalue weighted by Crippen LogP contribution is -1.89. The summed E-state index contributed by atoms with van der Waals surface area (Å²) in [6.45, 7) is 0. The highest BCUT2D eigenvalue weighted by molar-refractivity contribution is 5.75. The van der Waals surface area contributed by atoms with E-state index in [-0.39, 0.29) is 0 Å². The molecule has 3 nitrogen and oxygen atoms in total. The summed E-state index contributed by atoms with van der Waals surface area (Å²) in [6.07, 6.45) is 3.15. The highest BCUT2D eigenvalue weighted by Crippen LogP contribution is 2.25. The Labute approximate surface area is 93.2 Å². The number of aromatic nitrogens is 1. The van der Waals surface area contributed by atoms with Gasteiger partial charge in [-0.05, 0) is 18.2 Å². The van der Waals surface area contributed by atoms with Crippen molar-refractivity contribution in [2.45, 2.75) is 0 Å². The normalized spacial score (nSPS) is 9.12. The highest BCUT2D eigenvalue weighted by Gasteiger charge is 2.09. The molecule has 0 atom stereocenters. The monoisotopic (exact) mass is 204 g/mol. The number of nitriles is 2. The van der Waals surface area contributed by atoms with Crippen molar-refractivity contribution in [2.75, 3.05) is 0 Å². The number of pyridine rings is 1. The fraction of sp³-hybridized carbons (Fsp3) is 0. The summed E-state index contributed by atoms with van der Waals surface area (Å²) in [5.74, 6) is 0. The van der Waals surface area contributed by atoms with Gasteiger partial charge in [0.1, 0.15) is 0 Å². The molecule has 3 heteroatoms. The zero-order valence-electron chi connectivity index (χ0n) is 8.31. The Morgan fingerprint density at radius 3 is 2.31 bits per heavy atom. The van der Waals surface area contributed by atoms with Crippen molar-refractivity contribution < 1.29 is 0 Å². The maximum atomic E-state index is 9.01. The lowest BCUT2D eigenvalue weighted by molar-refractivity contribution is 1.32. The summed E-state index contributed by atoms with van der Waals surface area (Å²) in [6, 6.07) is 13.8. The number of hydrogen-bond donors (Lipinski definition) is 0. The number of rotatable bonds is 1. The van der Waals surface area contributed by atoms with Crippen LogP contribution < -0.4 is 0 Å². The zero-order valence-corrected chi connectivity index (χ0v) is 8.31. The van der Waals surface area contributed by atoms with Gasteiger partial charge in [-0.1, -0.05) is 6.07 Å². The molecular weight excluding hydrogens is 198 g/mol. The van der Waals surface area contributed by atoms with Crippen LogP contribution in [0, 0.1) is 28.7 Å². The average molecular weight is 204 g/mol. The second-order valence-corrected chi connectivity index (χ2v) is 3.13. The lowest BCUT2D eigenvalue weighted by atomic mass is 9.97. The summed E-state index contributed by atoms with van der Waals surface area (Å²) >= 11 is 0. The Hall–Kier alpha value is -2.65. The lowest BCUT2D eigenvalue weighted by Gasteiger charge is -2.05. The second-order valence-electron chi connectivity index (χ2n) is 3.13. The largest absolute Gasteiger partial charge is 0.263 e. The molecule has 2 rings (SSSR count). The average Bonchev–Trinajstić information content (AvgIpc) is 2.38. The van der Waals surface area contributed by atoms with E-state index in [0.717, 1.165) is 5.56 Å². The molecule has 73 valence electrons. The van der Waals surface area contributed by atoms with Crippen LogP contribution in [0.1, 0.15) is 11.1 Å².